The number of carbonyl (C=O) groups excluding carboxylic acids is 1. The maximum atomic E-state index is 13.0. The zero-order valence-electron chi connectivity index (χ0n) is 15.4. The lowest BCUT2D eigenvalue weighted by Gasteiger charge is -2.26. The summed E-state index contributed by atoms with van der Waals surface area (Å²) in [6, 6.07) is 3.92. The molecule has 8 nitrogen and oxygen atoms in total. The van der Waals surface area contributed by atoms with Crippen molar-refractivity contribution in [2.24, 2.45) is 23.7 Å². The van der Waals surface area contributed by atoms with Crippen LogP contribution >= 0.6 is 0 Å². The highest BCUT2D eigenvalue weighted by molar-refractivity contribution is 5.98. The first-order valence-corrected chi connectivity index (χ1v) is 8.79. The minimum Gasteiger partial charge on any atom is -0.495 e. The van der Waals surface area contributed by atoms with Gasteiger partial charge in [0.2, 0.25) is 5.91 Å². The molecule has 0 aromatic heterocycles. The van der Waals surface area contributed by atoms with Crippen molar-refractivity contribution in [2.75, 3.05) is 12.4 Å². The Kier molecular flexibility index (Phi) is 4.91. The number of carboxylic acid groups (broad SMARTS) is 1. The summed E-state index contributed by atoms with van der Waals surface area (Å²) in [5.74, 6) is -2.84. The summed E-state index contributed by atoms with van der Waals surface area (Å²) in [5.41, 5.74) is 2.13. The zero-order valence-corrected chi connectivity index (χ0v) is 15.4. The van der Waals surface area contributed by atoms with Gasteiger partial charge in [-0.25, -0.2) is 0 Å². The molecule has 8 heteroatoms. The summed E-state index contributed by atoms with van der Waals surface area (Å²) in [4.78, 5) is 35.4. The van der Waals surface area contributed by atoms with Gasteiger partial charge in [0.05, 0.1) is 29.6 Å². The number of nitrogens with one attached hydrogen (secondary N) is 1. The molecule has 0 saturated heterocycles. The largest absolute Gasteiger partial charge is 0.495 e. The number of fused-ring (bicyclic) bond motifs is 2. The number of ether oxygens (including phenoxy) is 1. The van der Waals surface area contributed by atoms with E-state index in [0.717, 1.165) is 24.0 Å². The van der Waals surface area contributed by atoms with Crippen LogP contribution in [0.25, 0.3) is 0 Å². The molecule has 0 unspecified atom stereocenters. The van der Waals surface area contributed by atoms with Crippen LogP contribution in [0.5, 0.6) is 5.75 Å². The van der Waals surface area contributed by atoms with Crippen LogP contribution in [-0.4, -0.2) is 29.0 Å². The molecule has 2 aliphatic carbocycles. The van der Waals surface area contributed by atoms with E-state index < -0.39 is 28.6 Å². The van der Waals surface area contributed by atoms with Gasteiger partial charge < -0.3 is 15.2 Å². The molecule has 27 heavy (non-hydrogen) atoms. The molecule has 2 N–H and O–H groups in total. The highest BCUT2D eigenvalue weighted by Crippen LogP contribution is 2.57. The van der Waals surface area contributed by atoms with Crippen LogP contribution in [-0.2, 0) is 9.59 Å². The van der Waals surface area contributed by atoms with E-state index in [4.69, 9.17) is 4.74 Å². The van der Waals surface area contributed by atoms with Crippen molar-refractivity contribution in [3.63, 3.8) is 0 Å². The van der Waals surface area contributed by atoms with E-state index >= 15 is 0 Å². The summed E-state index contributed by atoms with van der Waals surface area (Å²) < 4.78 is 5.18. The summed E-state index contributed by atoms with van der Waals surface area (Å²) in [7, 11) is 1.40. The Hall–Kier alpha value is -2.90. The van der Waals surface area contributed by atoms with Crippen LogP contribution < -0.4 is 10.1 Å². The highest BCUT2D eigenvalue weighted by atomic mass is 16.6. The molecule has 4 atom stereocenters. The van der Waals surface area contributed by atoms with Gasteiger partial charge in [-0.3, -0.25) is 19.7 Å². The van der Waals surface area contributed by atoms with Gasteiger partial charge in [-0.05, 0) is 44.6 Å². The number of non-ortho nitro benzene ring substituents is 1. The molecular formula is C19H22N2O6. The number of methoxy groups -OCH3 is 1. The third-order valence-electron chi connectivity index (χ3n) is 5.66. The Balaban J connectivity index is 1.94. The van der Waals surface area contributed by atoms with Gasteiger partial charge in [0.25, 0.3) is 5.69 Å². The maximum absolute atomic E-state index is 13.0. The number of carboxylic acids is 1. The van der Waals surface area contributed by atoms with Crippen LogP contribution in [0.1, 0.15) is 26.7 Å². The molecule has 1 aromatic rings. The Labute approximate surface area is 156 Å². The number of benzene rings is 1. The number of aliphatic carboxylic acids is 1. The number of rotatable bonds is 5. The smallest absolute Gasteiger partial charge is 0.307 e. The van der Waals surface area contributed by atoms with Gasteiger partial charge in [0.15, 0.2) is 0 Å². The fourth-order valence-electron chi connectivity index (χ4n) is 4.73. The lowest BCUT2D eigenvalue weighted by atomic mass is 9.78. The Morgan fingerprint density at radius 2 is 1.85 bits per heavy atom. The Morgan fingerprint density at radius 1 is 1.22 bits per heavy atom. The monoisotopic (exact) mass is 374 g/mol. The van der Waals surface area contributed by atoms with Gasteiger partial charge in [-0.2, -0.15) is 0 Å². The fourth-order valence-corrected chi connectivity index (χ4v) is 4.73. The average molecular weight is 374 g/mol. The summed E-state index contributed by atoms with van der Waals surface area (Å²) in [6.45, 7) is 3.90. The van der Waals surface area contributed by atoms with E-state index in [9.17, 15) is 24.8 Å². The number of anilines is 1. The second-order valence-electron chi connectivity index (χ2n) is 7.27. The fraction of sp³-hybridized carbons (Fsp3) is 0.474. The molecule has 2 saturated carbocycles. The van der Waals surface area contributed by atoms with E-state index in [0.29, 0.717) is 0 Å². The number of allylic oxidation sites excluding steroid dienone is 2. The number of hydrogen-bond donors (Lipinski definition) is 2. The van der Waals surface area contributed by atoms with E-state index in [2.05, 4.69) is 5.32 Å². The first kappa shape index (κ1) is 18.9. The van der Waals surface area contributed by atoms with Gasteiger partial charge in [-0.15, -0.1) is 0 Å². The molecule has 2 bridgehead atoms. The number of nitro groups is 1. The van der Waals surface area contributed by atoms with Crippen molar-refractivity contribution < 1.29 is 24.4 Å². The van der Waals surface area contributed by atoms with E-state index in [1.807, 2.05) is 13.8 Å². The average Bonchev–Trinajstić information content (AvgIpc) is 3.17. The molecule has 1 amide bonds. The second-order valence-corrected chi connectivity index (χ2v) is 7.27. The van der Waals surface area contributed by atoms with Gasteiger partial charge in [0, 0.05) is 12.1 Å². The number of nitrogens with zero attached hydrogens (tertiary/aromatic N) is 1. The molecular weight excluding hydrogens is 352 g/mol. The summed E-state index contributed by atoms with van der Waals surface area (Å²) >= 11 is 0. The molecule has 2 aliphatic rings. The Morgan fingerprint density at radius 3 is 2.37 bits per heavy atom. The topological polar surface area (TPSA) is 119 Å². The first-order chi connectivity index (χ1) is 12.8. The first-order valence-electron chi connectivity index (χ1n) is 8.79. The number of carbonyl (C=O) groups is 2. The predicted molar refractivity (Wildman–Crippen MR) is 97.5 cm³/mol. The van der Waals surface area contributed by atoms with Crippen LogP contribution in [0.2, 0.25) is 0 Å². The van der Waals surface area contributed by atoms with Crippen molar-refractivity contribution in [2.45, 2.75) is 26.7 Å². The number of hydrogen-bond acceptors (Lipinski definition) is 5. The normalized spacial score (nSPS) is 26.0. The summed E-state index contributed by atoms with van der Waals surface area (Å²) in [5, 5.41) is 23.4. The Bertz CT molecular complexity index is 843. The summed E-state index contributed by atoms with van der Waals surface area (Å²) in [6.07, 6.45) is 1.55. The third-order valence-corrected chi connectivity index (χ3v) is 5.66. The molecule has 2 fully saturated rings. The predicted octanol–water partition coefficient (Wildman–Crippen LogP) is 3.24. The quantitative estimate of drug-likeness (QED) is 0.464. The number of amides is 1. The molecule has 0 aliphatic heterocycles. The van der Waals surface area contributed by atoms with Crippen LogP contribution in [0.3, 0.4) is 0 Å². The third kappa shape index (κ3) is 3.15. The van der Waals surface area contributed by atoms with Gasteiger partial charge in [-0.1, -0.05) is 11.1 Å². The van der Waals surface area contributed by atoms with Crippen molar-refractivity contribution in [1.82, 2.24) is 0 Å². The van der Waals surface area contributed by atoms with Crippen molar-refractivity contribution in [1.29, 1.82) is 0 Å². The van der Waals surface area contributed by atoms with E-state index in [-0.39, 0.29) is 29.0 Å². The lowest BCUT2D eigenvalue weighted by Crippen LogP contribution is -2.37. The standard InChI is InChI=1S/C19H22N2O6/c1-9(2)15-11-5-6-12(15)17(19(23)24)16(11)18(22)20-13-8-10(21(25)26)4-7-14(13)27-3/h4,7-8,11-12,16-17H,5-6H2,1-3H3,(H,20,22)(H,23,24)/t11-,12-,16-,17+/m1/s1. The molecule has 3 rings (SSSR count). The minimum absolute atomic E-state index is 0.106. The second kappa shape index (κ2) is 7.02. The molecule has 0 radical (unpaired) electrons. The molecule has 1 aromatic carbocycles. The van der Waals surface area contributed by atoms with Crippen LogP contribution in [0.15, 0.2) is 29.3 Å². The molecule has 144 valence electrons. The van der Waals surface area contributed by atoms with Crippen molar-refractivity contribution >= 4 is 23.3 Å². The van der Waals surface area contributed by atoms with Gasteiger partial charge >= 0.3 is 5.97 Å². The lowest BCUT2D eigenvalue weighted by molar-refractivity contribution is -0.384. The maximum Gasteiger partial charge on any atom is 0.307 e. The molecule has 0 spiro atoms. The molecule has 0 heterocycles. The zero-order chi connectivity index (χ0) is 19.9. The minimum atomic E-state index is -0.980. The van der Waals surface area contributed by atoms with E-state index in [1.54, 1.807) is 0 Å². The number of nitro benzene ring substituents is 1. The van der Waals surface area contributed by atoms with E-state index in [1.165, 1.54) is 25.3 Å². The van der Waals surface area contributed by atoms with Crippen molar-refractivity contribution in [3.8, 4) is 5.75 Å². The SMILES string of the molecule is COc1ccc([N+](=O)[O-])cc1NC(=O)[C@H]1[C@@H](C(=O)O)[C@@H]2CC[C@@H]1C2=C(C)C. The van der Waals surface area contributed by atoms with Crippen molar-refractivity contribution in [3.05, 3.63) is 39.5 Å². The van der Waals surface area contributed by atoms with Crippen LogP contribution in [0.4, 0.5) is 11.4 Å². The van der Waals surface area contributed by atoms with Gasteiger partial charge in [0.1, 0.15) is 5.75 Å². The highest BCUT2D eigenvalue weighted by Gasteiger charge is 2.57. The van der Waals surface area contributed by atoms with Crippen LogP contribution in [0, 0.1) is 33.8 Å².